The summed E-state index contributed by atoms with van der Waals surface area (Å²) >= 11 is 0. The number of nitrogens with zero attached hydrogens (tertiary/aromatic N) is 2. The number of primary sulfonamides is 1. The highest BCUT2D eigenvalue weighted by molar-refractivity contribution is 7.89. The van der Waals surface area contributed by atoms with Gasteiger partial charge in [-0.1, -0.05) is 36.4 Å². The fraction of sp³-hybridized carbons (Fsp3) is 0. The van der Waals surface area contributed by atoms with Crippen molar-refractivity contribution >= 4 is 32.2 Å². The van der Waals surface area contributed by atoms with Gasteiger partial charge in [-0.05, 0) is 29.7 Å². The summed E-state index contributed by atoms with van der Waals surface area (Å²) in [7, 11) is -3.80. The first-order valence-electron chi connectivity index (χ1n) is 6.70. The zero-order valence-corrected chi connectivity index (χ0v) is 12.7. The van der Waals surface area contributed by atoms with Crippen molar-refractivity contribution in [1.29, 1.82) is 0 Å². The Bertz CT molecular complexity index is 1010. The van der Waals surface area contributed by atoms with E-state index in [0.29, 0.717) is 11.4 Å². The molecule has 7 heteroatoms. The van der Waals surface area contributed by atoms with Crippen molar-refractivity contribution in [2.75, 3.05) is 0 Å². The minimum Gasteiger partial charge on any atom is -0.506 e. The van der Waals surface area contributed by atoms with Crippen LogP contribution < -0.4 is 5.14 Å². The number of rotatable bonds is 3. The lowest BCUT2D eigenvalue weighted by molar-refractivity contribution is 0.477. The summed E-state index contributed by atoms with van der Waals surface area (Å²) in [5.41, 5.74) is 0.646. The topological polar surface area (TPSA) is 105 Å². The van der Waals surface area contributed by atoms with Crippen LogP contribution in [0.3, 0.4) is 0 Å². The van der Waals surface area contributed by atoms with E-state index in [-0.39, 0.29) is 10.6 Å². The van der Waals surface area contributed by atoms with Gasteiger partial charge in [0.25, 0.3) is 0 Å². The number of nitrogens with two attached hydrogens (primary N) is 1. The van der Waals surface area contributed by atoms with Crippen LogP contribution in [0.5, 0.6) is 5.75 Å². The second-order valence-electron chi connectivity index (χ2n) is 4.90. The Morgan fingerprint density at radius 1 is 0.913 bits per heavy atom. The number of sulfonamides is 1. The Morgan fingerprint density at radius 3 is 2.48 bits per heavy atom. The summed E-state index contributed by atoms with van der Waals surface area (Å²) in [5, 5.41) is 24.8. The van der Waals surface area contributed by atoms with Crippen LogP contribution in [0.1, 0.15) is 0 Å². The van der Waals surface area contributed by atoms with Gasteiger partial charge in [0.15, 0.2) is 0 Å². The second kappa shape index (κ2) is 5.79. The van der Waals surface area contributed by atoms with Gasteiger partial charge in [-0.3, -0.25) is 0 Å². The predicted octanol–water partition coefficient (Wildman–Crippen LogP) is 3.61. The number of aromatic hydroxyl groups is 1. The Hall–Kier alpha value is -2.77. The Balaban J connectivity index is 2.06. The maximum Gasteiger partial charge on any atom is 0.238 e. The standard InChI is InChI=1S/C16H13N3O3S/c17-23(21,22)13-6-3-5-12(10-13)18-19-16-14-7-2-1-4-11(14)8-9-15(16)20/h1-10,20H,(H2,17,21,22). The highest BCUT2D eigenvalue weighted by Crippen LogP contribution is 2.36. The van der Waals surface area contributed by atoms with Gasteiger partial charge in [0.1, 0.15) is 11.4 Å². The van der Waals surface area contributed by atoms with Gasteiger partial charge in [-0.15, -0.1) is 5.11 Å². The quantitative estimate of drug-likeness (QED) is 0.718. The zero-order valence-electron chi connectivity index (χ0n) is 11.9. The summed E-state index contributed by atoms with van der Waals surface area (Å²) < 4.78 is 22.7. The van der Waals surface area contributed by atoms with E-state index < -0.39 is 10.0 Å². The van der Waals surface area contributed by atoms with E-state index in [1.807, 2.05) is 24.3 Å². The number of azo groups is 1. The van der Waals surface area contributed by atoms with Crippen LogP contribution in [-0.2, 0) is 10.0 Å². The molecule has 3 rings (SSSR count). The largest absolute Gasteiger partial charge is 0.506 e. The normalized spacial score (nSPS) is 12.0. The molecule has 0 aliphatic heterocycles. The number of benzene rings is 3. The van der Waals surface area contributed by atoms with Crippen molar-refractivity contribution in [3.63, 3.8) is 0 Å². The van der Waals surface area contributed by atoms with E-state index in [9.17, 15) is 13.5 Å². The first-order chi connectivity index (χ1) is 10.9. The van der Waals surface area contributed by atoms with Crippen molar-refractivity contribution in [2.45, 2.75) is 4.90 Å². The zero-order chi connectivity index (χ0) is 16.4. The second-order valence-corrected chi connectivity index (χ2v) is 6.46. The molecular formula is C16H13N3O3S. The van der Waals surface area contributed by atoms with Gasteiger partial charge in [0, 0.05) is 5.39 Å². The minimum absolute atomic E-state index is 0.00458. The molecule has 0 radical (unpaired) electrons. The van der Waals surface area contributed by atoms with Gasteiger partial charge in [-0.2, -0.15) is 5.11 Å². The van der Waals surface area contributed by atoms with E-state index in [4.69, 9.17) is 5.14 Å². The molecule has 0 fully saturated rings. The van der Waals surface area contributed by atoms with E-state index in [2.05, 4.69) is 10.2 Å². The molecule has 116 valence electrons. The molecule has 0 heterocycles. The molecule has 0 aromatic heterocycles. The van der Waals surface area contributed by atoms with Crippen LogP contribution in [0.4, 0.5) is 11.4 Å². The molecule has 0 saturated carbocycles. The third-order valence-corrected chi connectivity index (χ3v) is 4.20. The molecule has 0 unspecified atom stereocenters. The Labute approximate surface area is 133 Å². The summed E-state index contributed by atoms with van der Waals surface area (Å²) in [5.74, 6) is -0.00458. The monoisotopic (exact) mass is 327 g/mol. The van der Waals surface area contributed by atoms with E-state index in [0.717, 1.165) is 10.8 Å². The van der Waals surface area contributed by atoms with Gasteiger partial charge in [-0.25, -0.2) is 13.6 Å². The van der Waals surface area contributed by atoms with E-state index >= 15 is 0 Å². The van der Waals surface area contributed by atoms with Gasteiger partial charge in [0.05, 0.1) is 10.6 Å². The van der Waals surface area contributed by atoms with Crippen LogP contribution in [-0.4, -0.2) is 13.5 Å². The molecule has 0 aliphatic carbocycles. The van der Waals surface area contributed by atoms with Crippen LogP contribution in [0.25, 0.3) is 10.8 Å². The lowest BCUT2D eigenvalue weighted by Gasteiger charge is -2.03. The molecule has 0 amide bonds. The first-order valence-corrected chi connectivity index (χ1v) is 8.25. The number of phenolic OH excluding ortho intramolecular Hbond substituents is 1. The van der Waals surface area contributed by atoms with Crippen molar-refractivity contribution in [3.05, 3.63) is 60.7 Å². The predicted molar refractivity (Wildman–Crippen MR) is 87.6 cm³/mol. The maximum absolute atomic E-state index is 11.4. The van der Waals surface area contributed by atoms with E-state index in [1.54, 1.807) is 12.1 Å². The molecule has 0 spiro atoms. The number of phenols is 1. The highest BCUT2D eigenvalue weighted by atomic mass is 32.2. The Morgan fingerprint density at radius 2 is 1.70 bits per heavy atom. The summed E-state index contributed by atoms with van der Waals surface area (Å²) in [6.07, 6.45) is 0. The first kappa shape index (κ1) is 15.1. The molecule has 0 saturated heterocycles. The number of hydrogen-bond donors (Lipinski definition) is 2. The van der Waals surface area contributed by atoms with Crippen molar-refractivity contribution in [3.8, 4) is 5.75 Å². The average Bonchev–Trinajstić information content (AvgIpc) is 2.53. The number of fused-ring (bicyclic) bond motifs is 1. The third-order valence-electron chi connectivity index (χ3n) is 3.29. The van der Waals surface area contributed by atoms with Crippen molar-refractivity contribution < 1.29 is 13.5 Å². The van der Waals surface area contributed by atoms with Crippen molar-refractivity contribution in [2.24, 2.45) is 15.4 Å². The molecule has 3 aromatic carbocycles. The van der Waals surface area contributed by atoms with Gasteiger partial charge in [0.2, 0.25) is 10.0 Å². The van der Waals surface area contributed by atoms with Crippen LogP contribution >= 0.6 is 0 Å². The third kappa shape index (κ3) is 3.20. The maximum atomic E-state index is 11.4. The average molecular weight is 327 g/mol. The van der Waals surface area contributed by atoms with Crippen LogP contribution in [0.15, 0.2) is 75.8 Å². The van der Waals surface area contributed by atoms with E-state index in [1.165, 1.54) is 24.3 Å². The van der Waals surface area contributed by atoms with Crippen LogP contribution in [0, 0.1) is 0 Å². The van der Waals surface area contributed by atoms with Gasteiger partial charge < -0.3 is 5.11 Å². The molecule has 0 aliphatic rings. The highest BCUT2D eigenvalue weighted by Gasteiger charge is 2.09. The summed E-state index contributed by atoms with van der Waals surface area (Å²) in [6.45, 7) is 0. The fourth-order valence-corrected chi connectivity index (χ4v) is 2.73. The Kier molecular flexibility index (Phi) is 3.81. The minimum atomic E-state index is -3.80. The summed E-state index contributed by atoms with van der Waals surface area (Å²) in [6, 6.07) is 16.6. The smallest absolute Gasteiger partial charge is 0.238 e. The molecular weight excluding hydrogens is 314 g/mol. The van der Waals surface area contributed by atoms with Crippen LogP contribution in [0.2, 0.25) is 0 Å². The SMILES string of the molecule is NS(=O)(=O)c1cccc(N=Nc2c(O)ccc3ccccc23)c1. The number of hydrogen-bond acceptors (Lipinski definition) is 5. The molecule has 0 atom stereocenters. The lowest BCUT2D eigenvalue weighted by Crippen LogP contribution is -2.11. The summed E-state index contributed by atoms with van der Waals surface area (Å²) in [4.78, 5) is -0.0453. The molecule has 23 heavy (non-hydrogen) atoms. The molecule has 0 bridgehead atoms. The molecule has 3 N–H and O–H groups in total. The fourth-order valence-electron chi connectivity index (χ4n) is 2.18. The molecule has 6 nitrogen and oxygen atoms in total. The van der Waals surface area contributed by atoms with Gasteiger partial charge >= 0.3 is 0 Å². The van der Waals surface area contributed by atoms with Crippen molar-refractivity contribution in [1.82, 2.24) is 0 Å². The lowest BCUT2D eigenvalue weighted by atomic mass is 10.1. The molecule has 3 aromatic rings.